The maximum atomic E-state index is 13.1. The first-order valence-electron chi connectivity index (χ1n) is 26.9. The summed E-state index contributed by atoms with van der Waals surface area (Å²) in [6, 6.07) is 60.4. The number of aliphatic imine (C=N–C) groups is 4. The Labute approximate surface area is 643 Å². The minimum atomic E-state index is -1.75. The smallest absolute Gasteiger partial charge is 0.872 e. The van der Waals surface area contributed by atoms with E-state index in [9.17, 15) is 30.6 Å². The molecule has 0 saturated heterocycles. The molecule has 8 aromatic rings. The van der Waals surface area contributed by atoms with Gasteiger partial charge in [-0.3, -0.25) is 20.0 Å². The van der Waals surface area contributed by atoms with Crippen molar-refractivity contribution in [3.63, 3.8) is 0 Å². The van der Waals surface area contributed by atoms with Crippen LogP contribution in [0, 0.1) is 160 Å². The monoisotopic (exact) mass is 1740 g/mol. The predicted octanol–water partition coefficient (Wildman–Crippen LogP) is 7.98. The van der Waals surface area contributed by atoms with Gasteiger partial charge in [0.2, 0.25) is 0 Å². The molecule has 8 aromatic carbocycles. The van der Waals surface area contributed by atoms with E-state index >= 15 is 0 Å². The summed E-state index contributed by atoms with van der Waals surface area (Å²) in [6.07, 6.45) is 3.00. The second-order valence-corrected chi connectivity index (χ2v) is 17.4. The molecular formula is C64H56Cu2Dy2N10O20. The molecule has 0 bridgehead atoms. The first-order valence-corrected chi connectivity index (χ1v) is 26.9. The van der Waals surface area contributed by atoms with E-state index in [0.717, 1.165) is 22.3 Å². The summed E-state index contributed by atoms with van der Waals surface area (Å²) >= 11 is 0. The van der Waals surface area contributed by atoms with Crippen molar-refractivity contribution in [3.8, 4) is 46.6 Å². The Bertz CT molecular complexity index is 3520. The number of nitriles is 2. The van der Waals surface area contributed by atoms with Crippen LogP contribution in [0.1, 0.15) is 96.4 Å². The fourth-order valence-electron chi connectivity index (χ4n) is 7.76. The molecule has 0 fully saturated rings. The predicted molar refractivity (Wildman–Crippen MR) is 335 cm³/mol. The summed E-state index contributed by atoms with van der Waals surface area (Å²) in [5.41, 5.74) is 3.86. The van der Waals surface area contributed by atoms with Gasteiger partial charge in [0.1, 0.15) is 35.7 Å². The van der Waals surface area contributed by atoms with Crippen LogP contribution < -0.4 is 40.1 Å². The minimum Gasteiger partial charge on any atom is -0.872 e. The summed E-state index contributed by atoms with van der Waals surface area (Å²) in [6.45, 7) is 7.24. The molecule has 0 heterocycles. The molecule has 0 aliphatic rings. The van der Waals surface area contributed by atoms with E-state index in [4.69, 9.17) is 91.3 Å². The van der Waals surface area contributed by atoms with Gasteiger partial charge in [0.05, 0.1) is 45.7 Å². The molecule has 0 amide bonds. The van der Waals surface area contributed by atoms with E-state index in [2.05, 4.69) is 9.98 Å². The number of nitrogens with zero attached hydrogens (tertiary/aromatic N) is 10. The summed E-state index contributed by atoms with van der Waals surface area (Å²) in [5, 5.41) is 150. The molecule has 98 heavy (non-hydrogen) atoms. The van der Waals surface area contributed by atoms with E-state index in [-0.39, 0.29) is 156 Å². The summed E-state index contributed by atoms with van der Waals surface area (Å²) < 4.78 is 10.9. The molecule has 8 rings (SSSR count). The van der Waals surface area contributed by atoms with Crippen LogP contribution in [0.5, 0.6) is 34.5 Å². The average molecular weight is 1740 g/mol. The van der Waals surface area contributed by atoms with Crippen molar-refractivity contribution in [2.45, 2.75) is 51.9 Å². The van der Waals surface area contributed by atoms with Gasteiger partial charge in [-0.25, -0.2) is 0 Å². The molecule has 0 spiro atoms. The third-order valence-electron chi connectivity index (χ3n) is 11.3. The van der Waals surface area contributed by atoms with Crippen LogP contribution in [0.4, 0.5) is 0 Å². The van der Waals surface area contributed by atoms with Crippen molar-refractivity contribution >= 4 is 24.2 Å². The molecular weight excluding hydrogens is 1680 g/mol. The standard InChI is InChI=1S/2C30H28N2O4.2C2H3N.2Cu.2Dy.4NO3/c2*1-2-36-26-19-11-16-23(29(26)34)20-31-27(21-12-5-3-6-13-21)28(22-14-7-4-8-15-22)32-30(35)24-17-9-10-18-25(24)33;2*1-2-3;;;;;4*2-1(3)4/h2*3-20,27-28,33-34H,2H2,1H3,(H,32,35);2*1H3;;;;;;;;/q;;;;2*+2;2*+3;4*-1/p-6/t2*27-,28-;;;;;;;;;;/m10........../s1. The van der Waals surface area contributed by atoms with Crippen LogP contribution in [-0.2, 0) is 34.1 Å². The first kappa shape index (κ1) is 94.6. The topological polar surface area (TPSA) is 519 Å². The van der Waals surface area contributed by atoms with Crippen LogP contribution in [0.15, 0.2) is 226 Å². The van der Waals surface area contributed by atoms with Gasteiger partial charge in [0.25, 0.3) is 0 Å². The zero-order chi connectivity index (χ0) is 70.4. The molecule has 4 radical (unpaired) electrons. The van der Waals surface area contributed by atoms with Gasteiger partial charge in [-0.05, 0) is 82.3 Å². The fraction of sp³-hybridized carbons (Fsp3) is 0.156. The summed E-state index contributed by atoms with van der Waals surface area (Å²) in [5.74, 6) is -2.03. The second-order valence-electron chi connectivity index (χ2n) is 17.4. The van der Waals surface area contributed by atoms with Gasteiger partial charge in [-0.2, -0.15) is 10.5 Å². The Balaban J connectivity index is -0.000000671. The number of rotatable bonds is 18. The van der Waals surface area contributed by atoms with Gasteiger partial charge in [-0.15, -0.1) is 11.5 Å². The Kier molecular flexibility index (Phi) is 53.4. The zero-order valence-corrected chi connectivity index (χ0v) is 57.3. The normalized spacial score (nSPS) is 11.0. The van der Waals surface area contributed by atoms with E-state index in [1.807, 2.05) is 135 Å². The number of ether oxygens (including phenoxy) is 2. The van der Waals surface area contributed by atoms with Crippen molar-refractivity contribution in [2.24, 2.45) is 20.0 Å². The molecule has 0 aliphatic heterocycles. The molecule has 0 unspecified atom stereocenters. The Hall–Kier alpha value is -9.80. The molecule has 0 N–H and O–H groups in total. The molecule has 0 aromatic heterocycles. The summed E-state index contributed by atoms with van der Waals surface area (Å²) in [7, 11) is 0. The van der Waals surface area contributed by atoms with Gasteiger partial charge >= 0.3 is 110 Å². The third kappa shape index (κ3) is 38.1. The molecule has 30 nitrogen and oxygen atoms in total. The SMILES string of the molecule is CC#N.CC#N.CCOc1cccc(C=N[C@@H](c2ccccc2)[C@@H](N=C([O-])c2ccccc2[O-])c2ccccc2)c1[O-].CCOc1cccc(C=N[C@H](c2ccccc2)[C@H](N=C([O-])c2ccccc2[O-])c2ccccc2)c1[O-].O=[N+]([O-])[O-].O=[N+]([O-])[O-].O=[N+]([O-])[O-].O=[N+]([O-])[O-].[Cu+2].[Cu+2].[Dy+3].[Dy+3]. The Morgan fingerprint density at radius 2 is 0.633 bits per heavy atom. The number of benzene rings is 8. The Morgan fingerprint density at radius 3 is 0.867 bits per heavy atom. The van der Waals surface area contributed by atoms with Crippen LogP contribution in [0.3, 0.4) is 0 Å². The van der Waals surface area contributed by atoms with Gasteiger partial charge in [0, 0.05) is 26.3 Å². The van der Waals surface area contributed by atoms with Crippen LogP contribution >= 0.6 is 0 Å². The second kappa shape index (κ2) is 55.3. The number of hydrogen-bond acceptors (Lipinski definition) is 26. The number of hydrogen-bond donors (Lipinski definition) is 0. The average Bonchev–Trinajstić information content (AvgIpc) is 0.833. The van der Waals surface area contributed by atoms with E-state index in [1.54, 1.807) is 72.8 Å². The maximum Gasteiger partial charge on any atom is 3.00 e. The minimum absolute atomic E-state index is 0. The molecule has 524 valence electrons. The van der Waals surface area contributed by atoms with Gasteiger partial charge in [-0.1, -0.05) is 206 Å². The van der Waals surface area contributed by atoms with E-state index in [1.165, 1.54) is 50.5 Å². The first-order chi connectivity index (χ1) is 44.9. The van der Waals surface area contributed by atoms with Crippen molar-refractivity contribution in [3.05, 3.63) is 312 Å². The zero-order valence-electron chi connectivity index (χ0n) is 51.4. The Morgan fingerprint density at radius 1 is 0.408 bits per heavy atom. The molecule has 34 heteroatoms. The van der Waals surface area contributed by atoms with E-state index in [0.29, 0.717) is 24.3 Å². The molecule has 0 aliphatic carbocycles. The van der Waals surface area contributed by atoms with Crippen molar-refractivity contribution in [2.75, 3.05) is 13.2 Å². The third-order valence-corrected chi connectivity index (χ3v) is 11.3. The van der Waals surface area contributed by atoms with Crippen LogP contribution in [-0.4, -0.2) is 57.8 Å². The molecule has 0 saturated carbocycles. The van der Waals surface area contributed by atoms with Crippen LogP contribution in [0.2, 0.25) is 0 Å². The number of para-hydroxylation sites is 4. The quantitative estimate of drug-likeness (QED) is 0.0258. The van der Waals surface area contributed by atoms with Crippen molar-refractivity contribution < 1.29 is 171 Å². The van der Waals surface area contributed by atoms with Crippen molar-refractivity contribution in [1.29, 1.82) is 10.5 Å². The largest absolute Gasteiger partial charge is 3.00 e. The fourth-order valence-corrected chi connectivity index (χ4v) is 7.76. The molecule has 4 atom stereocenters. The van der Waals surface area contributed by atoms with E-state index < -0.39 is 56.3 Å². The maximum absolute atomic E-state index is 13.1. The van der Waals surface area contributed by atoms with Crippen LogP contribution in [0.25, 0.3) is 0 Å². The summed E-state index contributed by atoms with van der Waals surface area (Å²) in [4.78, 5) is 51.5. The van der Waals surface area contributed by atoms with Gasteiger partial charge in [0.15, 0.2) is 0 Å². The van der Waals surface area contributed by atoms with Crippen molar-refractivity contribution in [1.82, 2.24) is 0 Å². The van der Waals surface area contributed by atoms with Gasteiger partial charge < -0.3 is 101 Å².